The van der Waals surface area contributed by atoms with Crippen molar-refractivity contribution in [2.75, 3.05) is 0 Å². The van der Waals surface area contributed by atoms with E-state index in [0.29, 0.717) is 0 Å². The lowest BCUT2D eigenvalue weighted by atomic mass is 9.99. The summed E-state index contributed by atoms with van der Waals surface area (Å²) in [5.41, 5.74) is 11.0. The first-order valence-corrected chi connectivity index (χ1v) is 17.7. The van der Waals surface area contributed by atoms with Crippen molar-refractivity contribution in [1.82, 2.24) is 14.5 Å². The first-order valence-electron chi connectivity index (χ1n) is 16.8. The summed E-state index contributed by atoms with van der Waals surface area (Å²) in [6.45, 7) is 0. The number of fused-ring (bicyclic) bond motifs is 6. The number of nitrogens with zero attached hydrogens (tertiary/aromatic N) is 3. The van der Waals surface area contributed by atoms with Gasteiger partial charge in [-0.2, -0.15) is 0 Å². The highest BCUT2D eigenvalue weighted by atomic mass is 32.1. The van der Waals surface area contributed by atoms with E-state index in [0.717, 1.165) is 39.6 Å². The van der Waals surface area contributed by atoms with Crippen LogP contribution in [-0.4, -0.2) is 14.5 Å². The summed E-state index contributed by atoms with van der Waals surface area (Å²) in [7, 11) is 0. The van der Waals surface area contributed by atoms with E-state index in [1.54, 1.807) is 0 Å². The average Bonchev–Trinajstić information content (AvgIpc) is 3.74. The number of aromatic nitrogens is 3. The van der Waals surface area contributed by atoms with Gasteiger partial charge in [-0.3, -0.25) is 0 Å². The predicted molar refractivity (Wildman–Crippen MR) is 211 cm³/mol. The zero-order chi connectivity index (χ0) is 33.0. The molecule has 10 aromatic rings. The van der Waals surface area contributed by atoms with Crippen molar-refractivity contribution in [3.63, 3.8) is 0 Å². The lowest BCUT2D eigenvalue weighted by Gasteiger charge is -2.11. The van der Waals surface area contributed by atoms with E-state index in [2.05, 4.69) is 168 Å². The third-order valence-corrected chi connectivity index (χ3v) is 10.8. The molecule has 50 heavy (non-hydrogen) atoms. The van der Waals surface area contributed by atoms with E-state index in [1.807, 2.05) is 23.5 Å². The number of para-hydroxylation sites is 2. The molecule has 0 saturated heterocycles. The van der Waals surface area contributed by atoms with E-state index in [1.165, 1.54) is 53.1 Å². The molecule has 10 rings (SSSR count). The minimum absolute atomic E-state index is 0.731. The SMILES string of the molecule is c1ccc(-c2cc(-c3ccccc3)nc(-c3cccc4sc5c(-c6ccc7c8ccccc8n(-c8ccccc8)c7c6)cccc5c34)n2)cc1. The molecule has 0 aliphatic carbocycles. The Morgan fingerprint density at radius 1 is 0.420 bits per heavy atom. The highest BCUT2D eigenvalue weighted by Gasteiger charge is 2.19. The van der Waals surface area contributed by atoms with Gasteiger partial charge < -0.3 is 4.57 Å². The van der Waals surface area contributed by atoms with Crippen LogP contribution >= 0.6 is 11.3 Å². The van der Waals surface area contributed by atoms with Crippen molar-refractivity contribution in [2.24, 2.45) is 0 Å². The molecule has 0 amide bonds. The van der Waals surface area contributed by atoms with Crippen LogP contribution in [0, 0.1) is 0 Å². The molecular weight excluding hydrogens is 627 g/mol. The highest BCUT2D eigenvalue weighted by molar-refractivity contribution is 7.26. The second-order valence-corrected chi connectivity index (χ2v) is 13.6. The summed E-state index contributed by atoms with van der Waals surface area (Å²) < 4.78 is 4.87. The van der Waals surface area contributed by atoms with Gasteiger partial charge >= 0.3 is 0 Å². The number of rotatable bonds is 5. The first kappa shape index (κ1) is 28.6. The lowest BCUT2D eigenvalue weighted by molar-refractivity contribution is 1.18. The van der Waals surface area contributed by atoms with Gasteiger partial charge in [0.1, 0.15) is 0 Å². The van der Waals surface area contributed by atoms with E-state index < -0.39 is 0 Å². The molecule has 0 unspecified atom stereocenters. The van der Waals surface area contributed by atoms with Gasteiger partial charge in [0.2, 0.25) is 0 Å². The molecule has 4 heteroatoms. The molecule has 0 atom stereocenters. The van der Waals surface area contributed by atoms with Crippen LogP contribution in [0.4, 0.5) is 0 Å². The second-order valence-electron chi connectivity index (χ2n) is 12.6. The van der Waals surface area contributed by atoms with Crippen LogP contribution in [-0.2, 0) is 0 Å². The summed E-state index contributed by atoms with van der Waals surface area (Å²) in [5.74, 6) is 0.731. The Labute approximate surface area is 293 Å². The van der Waals surface area contributed by atoms with Crippen molar-refractivity contribution in [2.45, 2.75) is 0 Å². The fourth-order valence-corrected chi connectivity index (χ4v) is 8.60. The van der Waals surface area contributed by atoms with Crippen LogP contribution < -0.4 is 0 Å². The molecule has 0 radical (unpaired) electrons. The molecule has 3 heterocycles. The Hall–Kier alpha value is -6.36. The van der Waals surface area contributed by atoms with Gasteiger partial charge in [0.15, 0.2) is 5.82 Å². The zero-order valence-electron chi connectivity index (χ0n) is 27.0. The third-order valence-electron chi connectivity index (χ3n) is 9.63. The predicted octanol–water partition coefficient (Wildman–Crippen LogP) is 12.6. The largest absolute Gasteiger partial charge is 0.309 e. The minimum Gasteiger partial charge on any atom is -0.309 e. The van der Waals surface area contributed by atoms with E-state index in [4.69, 9.17) is 9.97 Å². The normalized spacial score (nSPS) is 11.6. The van der Waals surface area contributed by atoms with E-state index in [-0.39, 0.29) is 0 Å². The standard InChI is InChI=1S/C46H29N3S/c1-4-14-30(15-5-1)39-29-40(31-16-6-2-7-17-31)48-46(47-39)38-23-13-25-43-44(38)37-22-12-21-34(45(37)50-43)32-26-27-36-35-20-10-11-24-41(35)49(42(36)28-32)33-18-8-3-9-19-33/h1-29H. The first-order chi connectivity index (χ1) is 24.8. The van der Waals surface area contributed by atoms with Crippen LogP contribution in [0.25, 0.3) is 92.7 Å². The van der Waals surface area contributed by atoms with Gasteiger partial charge in [0.25, 0.3) is 0 Å². The zero-order valence-corrected chi connectivity index (χ0v) is 27.8. The summed E-state index contributed by atoms with van der Waals surface area (Å²) in [6, 6.07) is 62.4. The maximum Gasteiger partial charge on any atom is 0.161 e. The van der Waals surface area contributed by atoms with E-state index >= 15 is 0 Å². The van der Waals surface area contributed by atoms with Crippen molar-refractivity contribution >= 4 is 53.3 Å². The topological polar surface area (TPSA) is 30.7 Å². The maximum atomic E-state index is 5.20. The van der Waals surface area contributed by atoms with Crippen LogP contribution in [0.2, 0.25) is 0 Å². The molecule has 234 valence electrons. The van der Waals surface area contributed by atoms with Crippen LogP contribution in [0.15, 0.2) is 176 Å². The molecular formula is C46H29N3S. The van der Waals surface area contributed by atoms with Gasteiger partial charge in [-0.15, -0.1) is 11.3 Å². The Bertz CT molecular complexity index is 2800. The molecule has 0 aliphatic heterocycles. The molecule has 0 bridgehead atoms. The Balaban J connectivity index is 1.19. The van der Waals surface area contributed by atoms with Gasteiger partial charge in [-0.05, 0) is 47.5 Å². The second kappa shape index (κ2) is 11.7. The van der Waals surface area contributed by atoms with Crippen molar-refractivity contribution in [3.8, 4) is 50.7 Å². The monoisotopic (exact) mass is 655 g/mol. The van der Waals surface area contributed by atoms with Crippen molar-refractivity contribution < 1.29 is 0 Å². The van der Waals surface area contributed by atoms with Gasteiger partial charge in [0, 0.05) is 53.3 Å². The minimum atomic E-state index is 0.731. The van der Waals surface area contributed by atoms with Crippen LogP contribution in [0.3, 0.4) is 0 Å². The molecule has 0 fully saturated rings. The summed E-state index contributed by atoms with van der Waals surface area (Å²) in [4.78, 5) is 10.4. The molecule has 0 saturated carbocycles. The molecule has 0 spiro atoms. The fourth-order valence-electron chi connectivity index (χ4n) is 7.34. The lowest BCUT2D eigenvalue weighted by Crippen LogP contribution is -1.96. The van der Waals surface area contributed by atoms with Crippen molar-refractivity contribution in [3.05, 3.63) is 176 Å². The third kappa shape index (κ3) is 4.65. The van der Waals surface area contributed by atoms with Crippen molar-refractivity contribution in [1.29, 1.82) is 0 Å². The summed E-state index contributed by atoms with van der Waals surface area (Å²) >= 11 is 1.84. The molecule has 0 aliphatic rings. The number of thiophene rings is 1. The Morgan fingerprint density at radius 2 is 1.02 bits per heavy atom. The number of benzene rings is 7. The highest BCUT2D eigenvalue weighted by Crippen LogP contribution is 2.45. The summed E-state index contributed by atoms with van der Waals surface area (Å²) in [6.07, 6.45) is 0. The van der Waals surface area contributed by atoms with Crippen LogP contribution in [0.5, 0.6) is 0 Å². The van der Waals surface area contributed by atoms with Gasteiger partial charge in [-0.1, -0.05) is 140 Å². The number of hydrogen-bond acceptors (Lipinski definition) is 3. The smallest absolute Gasteiger partial charge is 0.161 e. The molecule has 3 nitrogen and oxygen atoms in total. The molecule has 0 N–H and O–H groups in total. The Morgan fingerprint density at radius 3 is 1.76 bits per heavy atom. The Kier molecular flexibility index (Phi) is 6.68. The van der Waals surface area contributed by atoms with Gasteiger partial charge in [-0.25, -0.2) is 9.97 Å². The van der Waals surface area contributed by atoms with Gasteiger partial charge in [0.05, 0.1) is 22.4 Å². The molecule has 3 aromatic heterocycles. The van der Waals surface area contributed by atoms with Crippen LogP contribution in [0.1, 0.15) is 0 Å². The quantitative estimate of drug-likeness (QED) is 0.185. The fraction of sp³-hybridized carbons (Fsp3) is 0. The number of hydrogen-bond donors (Lipinski definition) is 0. The molecule has 7 aromatic carbocycles. The maximum absolute atomic E-state index is 5.20. The van der Waals surface area contributed by atoms with E-state index in [9.17, 15) is 0 Å². The summed E-state index contributed by atoms with van der Waals surface area (Å²) in [5, 5.41) is 4.92. The average molecular weight is 656 g/mol.